The van der Waals surface area contributed by atoms with Gasteiger partial charge in [-0.2, -0.15) is 0 Å². The van der Waals surface area contributed by atoms with E-state index in [1.165, 1.54) is 0 Å². The van der Waals surface area contributed by atoms with Crippen LogP contribution in [0.25, 0.3) is 0 Å². The molecular weight excluding hydrogens is 190 g/mol. The normalized spacial score (nSPS) is 16.1. The van der Waals surface area contributed by atoms with Crippen LogP contribution in [0.3, 0.4) is 0 Å². The predicted octanol–water partition coefficient (Wildman–Crippen LogP) is -2.22. The topological polar surface area (TPSA) is 136 Å². The van der Waals surface area contributed by atoms with Crippen molar-refractivity contribution in [1.82, 2.24) is 5.31 Å². The van der Waals surface area contributed by atoms with E-state index in [-0.39, 0.29) is 5.31 Å². The summed E-state index contributed by atoms with van der Waals surface area (Å²) in [7, 11) is 0. The van der Waals surface area contributed by atoms with Gasteiger partial charge in [-0.05, 0) is 6.42 Å². The number of hydrogen-bond acceptors (Lipinski definition) is 4. The van der Waals surface area contributed by atoms with Crippen LogP contribution in [-0.2, 0) is 14.4 Å². The van der Waals surface area contributed by atoms with Crippen LogP contribution in [-0.4, -0.2) is 35.5 Å². The first-order valence-corrected chi connectivity index (χ1v) is 3.79. The highest BCUT2D eigenvalue weighted by Crippen LogP contribution is 1.96. The Bertz CT molecular complexity index is 312. The molecule has 0 aromatic heterocycles. The summed E-state index contributed by atoms with van der Waals surface area (Å²) < 4.78 is 14.7. The molecule has 0 spiro atoms. The minimum atomic E-state index is -2.55. The van der Waals surface area contributed by atoms with E-state index in [0.29, 0.717) is 0 Å². The molecule has 0 aliphatic carbocycles. The molecule has 0 bridgehead atoms. The molecule has 0 saturated heterocycles. The second-order valence-electron chi connectivity index (χ2n) is 2.43. The van der Waals surface area contributed by atoms with Crippen LogP contribution >= 0.6 is 0 Å². The molecule has 0 aliphatic rings. The molecular formula is C7H13N3O4. The molecule has 0 aromatic rings. The number of primary amides is 1. The van der Waals surface area contributed by atoms with Crippen molar-refractivity contribution in [1.29, 1.82) is 0 Å². The van der Waals surface area contributed by atoms with Gasteiger partial charge in [-0.1, -0.05) is 0 Å². The highest BCUT2D eigenvalue weighted by atomic mass is 16.4. The second-order valence-corrected chi connectivity index (χ2v) is 2.43. The maximum Gasteiger partial charge on any atom is 0.326 e. The van der Waals surface area contributed by atoms with Gasteiger partial charge >= 0.3 is 5.97 Å². The first-order chi connectivity index (χ1) is 7.25. The molecule has 0 aromatic carbocycles. The first-order valence-electron chi connectivity index (χ1n) is 4.74. The fourth-order valence-electron chi connectivity index (χ4n) is 0.648. The lowest BCUT2D eigenvalue weighted by Gasteiger charge is -2.12. The molecule has 0 unspecified atom stereocenters. The average Bonchev–Trinajstić information content (AvgIpc) is 2.23. The van der Waals surface area contributed by atoms with Gasteiger partial charge in [-0.25, -0.2) is 4.79 Å². The van der Waals surface area contributed by atoms with Crippen molar-refractivity contribution in [2.75, 3.05) is 6.54 Å². The molecule has 1 atom stereocenters. The summed E-state index contributed by atoms with van der Waals surface area (Å²) >= 11 is 0. The van der Waals surface area contributed by atoms with Gasteiger partial charge in [-0.15, -0.1) is 0 Å². The maximum absolute atomic E-state index is 11.0. The Kier molecular flexibility index (Phi) is 3.78. The van der Waals surface area contributed by atoms with Gasteiger partial charge in [0, 0.05) is 6.42 Å². The van der Waals surface area contributed by atoms with E-state index in [2.05, 4.69) is 0 Å². The number of aliphatic carboxylic acids is 1. The lowest BCUT2D eigenvalue weighted by atomic mass is 10.1. The van der Waals surface area contributed by atoms with Crippen molar-refractivity contribution in [2.45, 2.75) is 18.9 Å². The van der Waals surface area contributed by atoms with Gasteiger partial charge in [0.05, 0.1) is 7.92 Å². The van der Waals surface area contributed by atoms with Crippen molar-refractivity contribution in [2.24, 2.45) is 11.5 Å². The van der Waals surface area contributed by atoms with Crippen LogP contribution < -0.4 is 16.8 Å². The van der Waals surface area contributed by atoms with Crippen molar-refractivity contribution in [3.05, 3.63) is 0 Å². The number of carboxylic acid groups (broad SMARTS) is 1. The number of carbonyl (C=O) groups is 3. The molecule has 0 aliphatic heterocycles. The zero-order valence-electron chi connectivity index (χ0n) is 9.40. The third-order valence-electron chi connectivity index (χ3n) is 1.29. The predicted molar refractivity (Wildman–Crippen MR) is 47.0 cm³/mol. The van der Waals surface area contributed by atoms with Crippen LogP contribution in [0.4, 0.5) is 0 Å². The van der Waals surface area contributed by atoms with E-state index in [9.17, 15) is 14.4 Å². The fourth-order valence-corrected chi connectivity index (χ4v) is 0.648. The number of hydrogen-bond donors (Lipinski definition) is 4. The van der Waals surface area contributed by atoms with Crippen molar-refractivity contribution < 1.29 is 22.3 Å². The quantitative estimate of drug-likeness (QED) is 0.389. The Hall–Kier alpha value is -1.63. The zero-order valence-corrected chi connectivity index (χ0v) is 7.40. The first kappa shape index (κ1) is 8.95. The Morgan fingerprint density at radius 3 is 2.50 bits per heavy atom. The fraction of sp³-hybridized carbons (Fsp3) is 0.571. The summed E-state index contributed by atoms with van der Waals surface area (Å²) in [5.74, 6) is -3.56. The van der Waals surface area contributed by atoms with Crippen molar-refractivity contribution >= 4 is 17.8 Å². The van der Waals surface area contributed by atoms with Crippen LogP contribution in [0, 0.1) is 0 Å². The Labute approximate surface area is 83.3 Å². The number of nitrogens with one attached hydrogen (secondary N) is 1. The molecule has 14 heavy (non-hydrogen) atoms. The Morgan fingerprint density at radius 1 is 1.57 bits per heavy atom. The summed E-state index contributed by atoms with van der Waals surface area (Å²) in [5.41, 5.74) is 9.75. The van der Waals surface area contributed by atoms with Gasteiger partial charge in [-0.3, -0.25) is 9.59 Å². The van der Waals surface area contributed by atoms with E-state index in [0.717, 1.165) is 0 Å². The van der Waals surface area contributed by atoms with Gasteiger partial charge in [0.1, 0.15) is 6.02 Å². The van der Waals surface area contributed by atoms with Crippen LogP contribution in [0.2, 0.25) is 1.41 Å². The number of carboxylic acids is 1. The van der Waals surface area contributed by atoms with E-state index < -0.39 is 43.2 Å². The molecule has 7 nitrogen and oxygen atoms in total. The van der Waals surface area contributed by atoms with Crippen molar-refractivity contribution in [3.8, 4) is 0 Å². The SMILES string of the molecule is [2H]N(C(=O)CN)[C@]([2H])(CCC(N)=O)C(=O)O. The minimum absolute atomic E-state index is 0.0573. The van der Waals surface area contributed by atoms with E-state index in [1.807, 2.05) is 0 Å². The van der Waals surface area contributed by atoms with Crippen molar-refractivity contribution in [3.63, 3.8) is 0 Å². The number of amides is 2. The number of nitrogens with two attached hydrogens (primary N) is 2. The summed E-state index contributed by atoms with van der Waals surface area (Å²) in [6.45, 7) is -0.589. The Morgan fingerprint density at radius 2 is 2.14 bits per heavy atom. The van der Waals surface area contributed by atoms with Crippen LogP contribution in [0.15, 0.2) is 0 Å². The molecule has 0 fully saturated rings. The third kappa shape index (κ3) is 5.09. The van der Waals surface area contributed by atoms with Gasteiger partial charge in [0.2, 0.25) is 11.8 Å². The van der Waals surface area contributed by atoms with Crippen LogP contribution in [0.1, 0.15) is 14.2 Å². The summed E-state index contributed by atoms with van der Waals surface area (Å²) in [6, 6.07) is -2.55. The molecule has 2 amide bonds. The highest BCUT2D eigenvalue weighted by Gasteiger charge is 2.19. The molecule has 0 saturated carbocycles. The number of carbonyl (C=O) groups excluding carboxylic acids is 2. The van der Waals surface area contributed by atoms with E-state index >= 15 is 0 Å². The second kappa shape index (κ2) is 5.92. The molecule has 0 heterocycles. The maximum atomic E-state index is 11.0. The standard InChI is InChI=1S/C7H13N3O4/c8-3-6(12)10-4(7(13)14)1-2-5(9)11/h4H,1-3,8H2,(H2,9,11)(H,10,12)(H,13,14)/t4-/m1/s1/i4D/hD. The van der Waals surface area contributed by atoms with Crippen LogP contribution in [0.5, 0.6) is 0 Å². The van der Waals surface area contributed by atoms with E-state index in [1.54, 1.807) is 0 Å². The van der Waals surface area contributed by atoms with Gasteiger partial charge in [0.15, 0.2) is 1.41 Å². The smallest absolute Gasteiger partial charge is 0.326 e. The highest BCUT2D eigenvalue weighted by molar-refractivity contribution is 5.85. The summed E-state index contributed by atoms with van der Waals surface area (Å²) in [5, 5.41) is 8.71. The Balaban J connectivity index is 4.88. The molecule has 6 N–H and O–H groups in total. The lowest BCUT2D eigenvalue weighted by molar-refractivity contribution is -0.141. The largest absolute Gasteiger partial charge is 0.480 e. The number of rotatable bonds is 6. The summed E-state index contributed by atoms with van der Waals surface area (Å²) in [6.07, 6.45) is -0.976. The molecule has 0 radical (unpaired) electrons. The molecule has 80 valence electrons. The van der Waals surface area contributed by atoms with Gasteiger partial charge < -0.3 is 21.9 Å². The average molecular weight is 205 g/mol. The van der Waals surface area contributed by atoms with E-state index in [4.69, 9.17) is 19.4 Å². The molecule has 7 heteroatoms. The monoisotopic (exact) mass is 205 g/mol. The summed E-state index contributed by atoms with van der Waals surface area (Å²) in [4.78, 5) is 32.3. The minimum Gasteiger partial charge on any atom is -0.480 e. The van der Waals surface area contributed by atoms with Gasteiger partial charge in [0.25, 0.3) is 0 Å². The molecule has 0 rings (SSSR count). The zero-order chi connectivity index (χ0) is 12.9. The lowest BCUT2D eigenvalue weighted by Crippen LogP contribution is -2.43. The third-order valence-corrected chi connectivity index (χ3v) is 1.29.